The molecule has 2 aromatic rings. The van der Waals surface area contributed by atoms with Crippen LogP contribution in [0.1, 0.15) is 25.3 Å². The van der Waals surface area contributed by atoms with Crippen molar-refractivity contribution in [1.29, 1.82) is 0 Å². The lowest BCUT2D eigenvalue weighted by molar-refractivity contribution is -0.645. The number of pyridine rings is 1. The Bertz CT molecular complexity index is 511. The molecule has 1 aromatic heterocycles. The molecule has 17 heavy (non-hydrogen) atoms. The standard InChI is InChI=1S/C14H15NOS/c1-11(2)12-7-3-4-8-13(12)17-14-9-5-6-10-15(14)16/h3-11H,1-2H3. The van der Waals surface area contributed by atoms with E-state index in [0.717, 1.165) is 9.63 Å². The summed E-state index contributed by atoms with van der Waals surface area (Å²) in [6.45, 7) is 4.32. The topological polar surface area (TPSA) is 26.9 Å². The third-order valence-corrected chi connectivity index (χ3v) is 3.66. The van der Waals surface area contributed by atoms with Crippen LogP contribution in [0.3, 0.4) is 0 Å². The van der Waals surface area contributed by atoms with E-state index in [0.29, 0.717) is 10.9 Å². The van der Waals surface area contributed by atoms with E-state index in [4.69, 9.17) is 0 Å². The Morgan fingerprint density at radius 2 is 1.76 bits per heavy atom. The Balaban J connectivity index is 2.34. The lowest BCUT2D eigenvalue weighted by atomic mass is 10.0. The second-order valence-electron chi connectivity index (χ2n) is 4.16. The highest BCUT2D eigenvalue weighted by molar-refractivity contribution is 7.99. The van der Waals surface area contributed by atoms with Crippen molar-refractivity contribution in [2.45, 2.75) is 29.7 Å². The summed E-state index contributed by atoms with van der Waals surface area (Å²) in [5, 5.41) is 12.3. The van der Waals surface area contributed by atoms with Gasteiger partial charge in [-0.15, -0.1) is 0 Å². The van der Waals surface area contributed by atoms with Crippen LogP contribution in [0.5, 0.6) is 0 Å². The zero-order chi connectivity index (χ0) is 12.3. The van der Waals surface area contributed by atoms with Gasteiger partial charge in [0.2, 0.25) is 0 Å². The first-order valence-electron chi connectivity index (χ1n) is 5.63. The SMILES string of the molecule is CC(C)c1ccccc1Sc1cccc[n+]1[O-]. The molecule has 88 valence electrons. The van der Waals surface area contributed by atoms with Crippen molar-refractivity contribution >= 4 is 11.8 Å². The zero-order valence-electron chi connectivity index (χ0n) is 9.96. The molecule has 0 saturated heterocycles. The molecule has 0 fully saturated rings. The van der Waals surface area contributed by atoms with Crippen molar-refractivity contribution in [3.05, 3.63) is 59.4 Å². The summed E-state index contributed by atoms with van der Waals surface area (Å²) in [6.07, 6.45) is 1.53. The summed E-state index contributed by atoms with van der Waals surface area (Å²) < 4.78 is 0.905. The minimum Gasteiger partial charge on any atom is -0.618 e. The van der Waals surface area contributed by atoms with Gasteiger partial charge >= 0.3 is 0 Å². The molecule has 0 N–H and O–H groups in total. The summed E-state index contributed by atoms with van der Waals surface area (Å²) in [7, 11) is 0. The van der Waals surface area contributed by atoms with Gasteiger partial charge in [0.25, 0.3) is 5.03 Å². The summed E-state index contributed by atoms with van der Waals surface area (Å²) in [6, 6.07) is 13.7. The van der Waals surface area contributed by atoms with E-state index >= 15 is 0 Å². The molecule has 2 nitrogen and oxygen atoms in total. The molecule has 0 aliphatic heterocycles. The highest BCUT2D eigenvalue weighted by Crippen LogP contribution is 2.31. The molecule has 1 aromatic carbocycles. The Kier molecular flexibility index (Phi) is 3.69. The van der Waals surface area contributed by atoms with Crippen molar-refractivity contribution in [2.24, 2.45) is 0 Å². The summed E-state index contributed by atoms with van der Waals surface area (Å²) in [4.78, 5) is 1.15. The van der Waals surface area contributed by atoms with Crippen LogP contribution in [0.25, 0.3) is 0 Å². The van der Waals surface area contributed by atoms with Crippen LogP contribution in [0, 0.1) is 5.21 Å². The van der Waals surface area contributed by atoms with E-state index in [-0.39, 0.29) is 0 Å². The van der Waals surface area contributed by atoms with Gasteiger partial charge in [-0.1, -0.05) is 32.0 Å². The Morgan fingerprint density at radius 1 is 1.06 bits per heavy atom. The molecule has 3 heteroatoms. The van der Waals surface area contributed by atoms with Crippen molar-refractivity contribution in [3.8, 4) is 0 Å². The van der Waals surface area contributed by atoms with Crippen LogP contribution in [0.2, 0.25) is 0 Å². The first-order chi connectivity index (χ1) is 8.18. The molecule has 1 heterocycles. The fraction of sp³-hybridized carbons (Fsp3) is 0.214. The average molecular weight is 245 g/mol. The molecule has 0 atom stereocenters. The van der Waals surface area contributed by atoms with Crippen molar-refractivity contribution in [2.75, 3.05) is 0 Å². The molecule has 0 spiro atoms. The van der Waals surface area contributed by atoms with Gasteiger partial charge in [-0.05, 0) is 35.4 Å². The Labute approximate surface area is 106 Å². The second kappa shape index (κ2) is 5.23. The number of hydrogen-bond acceptors (Lipinski definition) is 2. The molecule has 2 rings (SSSR count). The fourth-order valence-corrected chi connectivity index (χ4v) is 2.75. The first-order valence-corrected chi connectivity index (χ1v) is 6.45. The van der Waals surface area contributed by atoms with E-state index in [1.807, 2.05) is 24.3 Å². The summed E-state index contributed by atoms with van der Waals surface area (Å²) in [5.41, 5.74) is 1.28. The van der Waals surface area contributed by atoms with E-state index in [1.165, 1.54) is 23.5 Å². The summed E-state index contributed by atoms with van der Waals surface area (Å²) in [5.74, 6) is 0.461. The smallest absolute Gasteiger partial charge is 0.256 e. The van der Waals surface area contributed by atoms with Crippen molar-refractivity contribution in [3.63, 3.8) is 0 Å². The molecule has 0 bridgehead atoms. The van der Waals surface area contributed by atoms with Gasteiger partial charge in [0.05, 0.1) is 0 Å². The molecular weight excluding hydrogens is 230 g/mol. The molecule has 0 aliphatic rings. The monoisotopic (exact) mass is 245 g/mol. The lowest BCUT2D eigenvalue weighted by Gasteiger charge is -2.11. The Morgan fingerprint density at radius 3 is 2.47 bits per heavy atom. The van der Waals surface area contributed by atoms with Gasteiger partial charge in [-0.3, -0.25) is 0 Å². The van der Waals surface area contributed by atoms with Gasteiger partial charge in [0, 0.05) is 17.0 Å². The maximum absolute atomic E-state index is 11.6. The number of hydrogen-bond donors (Lipinski definition) is 0. The maximum Gasteiger partial charge on any atom is 0.256 e. The molecular formula is C14H15NOS. The van der Waals surface area contributed by atoms with Gasteiger partial charge in [-0.2, -0.15) is 4.73 Å². The third-order valence-electron chi connectivity index (χ3n) is 2.54. The quantitative estimate of drug-likeness (QED) is 0.610. The number of aromatic nitrogens is 1. The van der Waals surface area contributed by atoms with Gasteiger partial charge in [0.1, 0.15) is 0 Å². The first kappa shape index (κ1) is 12.0. The molecule has 0 radical (unpaired) electrons. The molecule has 0 aliphatic carbocycles. The van der Waals surface area contributed by atoms with Crippen LogP contribution in [0.15, 0.2) is 58.6 Å². The van der Waals surface area contributed by atoms with E-state index in [1.54, 1.807) is 6.07 Å². The third kappa shape index (κ3) is 2.80. The fourth-order valence-electron chi connectivity index (χ4n) is 1.65. The highest BCUT2D eigenvalue weighted by Gasteiger charge is 2.11. The molecule has 0 amide bonds. The average Bonchev–Trinajstić information content (AvgIpc) is 2.32. The van der Waals surface area contributed by atoms with Gasteiger partial charge in [-0.25, -0.2) is 0 Å². The minimum absolute atomic E-state index is 0.461. The van der Waals surface area contributed by atoms with E-state index in [9.17, 15) is 5.21 Å². The maximum atomic E-state index is 11.6. The van der Waals surface area contributed by atoms with Crippen molar-refractivity contribution in [1.82, 2.24) is 0 Å². The lowest BCUT2D eigenvalue weighted by Crippen LogP contribution is -2.27. The van der Waals surface area contributed by atoms with E-state index in [2.05, 4.69) is 26.0 Å². The van der Waals surface area contributed by atoms with Crippen LogP contribution < -0.4 is 4.73 Å². The predicted octanol–water partition coefficient (Wildman–Crippen LogP) is 3.59. The minimum atomic E-state index is 0.461. The van der Waals surface area contributed by atoms with Crippen molar-refractivity contribution < 1.29 is 4.73 Å². The number of nitrogens with zero attached hydrogens (tertiary/aromatic N) is 1. The molecule has 0 unspecified atom stereocenters. The Hall–Kier alpha value is -1.48. The van der Waals surface area contributed by atoms with Gasteiger partial charge < -0.3 is 5.21 Å². The predicted molar refractivity (Wildman–Crippen MR) is 70.1 cm³/mol. The highest BCUT2D eigenvalue weighted by atomic mass is 32.2. The van der Waals surface area contributed by atoms with Crippen LogP contribution in [-0.4, -0.2) is 0 Å². The van der Waals surface area contributed by atoms with Gasteiger partial charge in [0.15, 0.2) is 6.20 Å². The molecule has 0 saturated carbocycles. The van der Waals surface area contributed by atoms with E-state index < -0.39 is 0 Å². The normalized spacial score (nSPS) is 10.8. The van der Waals surface area contributed by atoms with Crippen LogP contribution in [0.4, 0.5) is 0 Å². The number of benzene rings is 1. The zero-order valence-corrected chi connectivity index (χ0v) is 10.8. The largest absolute Gasteiger partial charge is 0.618 e. The second-order valence-corrected chi connectivity index (χ2v) is 5.22. The summed E-state index contributed by atoms with van der Waals surface area (Å²) >= 11 is 1.52. The van der Waals surface area contributed by atoms with Crippen LogP contribution >= 0.6 is 11.8 Å². The number of rotatable bonds is 3. The van der Waals surface area contributed by atoms with Crippen LogP contribution in [-0.2, 0) is 0 Å².